The first kappa shape index (κ1) is 22.7. The van der Waals surface area contributed by atoms with Crippen molar-refractivity contribution in [2.24, 2.45) is 0 Å². The molecule has 1 aliphatic heterocycles. The summed E-state index contributed by atoms with van der Waals surface area (Å²) in [5.74, 6) is 0. The van der Waals surface area contributed by atoms with Crippen LogP contribution in [0.1, 0.15) is 29.9 Å². The fraction of sp³-hybridized carbons (Fsp3) is 0.179. The Balaban J connectivity index is 1.31. The van der Waals surface area contributed by atoms with Crippen LogP contribution in [0.25, 0.3) is 15.3 Å². The van der Waals surface area contributed by atoms with Crippen LogP contribution in [0.4, 0.5) is 5.69 Å². The van der Waals surface area contributed by atoms with Gasteiger partial charge in [-0.2, -0.15) is 0 Å². The molecule has 5 aromatic rings. The molecule has 0 unspecified atom stereocenters. The standard InChI is InChI=1S/C28H26N6S2/c35-27-32-25(22-13-6-7-16-30-22)26(34(27)19-9-17-29-20-10-2-1-3-11-20)23-14-8-18-33(23)28-31-21-12-4-5-15-24(21)36-28/h1-8,10-16,18,25-26,29H,9,17,19H2,(H,32,35)/t25-,26+/m0/s1. The molecule has 0 amide bonds. The van der Waals surface area contributed by atoms with Crippen molar-refractivity contribution in [2.75, 3.05) is 18.4 Å². The summed E-state index contributed by atoms with van der Waals surface area (Å²) in [6, 6.07) is 28.8. The van der Waals surface area contributed by atoms with Gasteiger partial charge in [0.2, 0.25) is 0 Å². The van der Waals surface area contributed by atoms with Crippen LogP contribution >= 0.6 is 23.6 Å². The lowest BCUT2D eigenvalue weighted by Crippen LogP contribution is -2.32. The largest absolute Gasteiger partial charge is 0.385 e. The number of nitrogens with one attached hydrogen (secondary N) is 2. The third-order valence-corrected chi connectivity index (χ3v) is 7.84. The number of anilines is 1. The summed E-state index contributed by atoms with van der Waals surface area (Å²) in [6.45, 7) is 1.69. The van der Waals surface area contributed by atoms with Crippen LogP contribution in [0.2, 0.25) is 0 Å². The molecule has 180 valence electrons. The van der Waals surface area contributed by atoms with Crippen molar-refractivity contribution in [3.63, 3.8) is 0 Å². The Kier molecular flexibility index (Phi) is 6.36. The molecule has 2 aromatic carbocycles. The lowest BCUT2D eigenvalue weighted by Gasteiger charge is -2.28. The summed E-state index contributed by atoms with van der Waals surface area (Å²) in [7, 11) is 0. The summed E-state index contributed by atoms with van der Waals surface area (Å²) < 4.78 is 3.38. The van der Waals surface area contributed by atoms with Crippen LogP contribution in [0.5, 0.6) is 0 Å². The van der Waals surface area contributed by atoms with E-state index in [1.165, 1.54) is 4.70 Å². The molecule has 0 spiro atoms. The minimum absolute atomic E-state index is 0.00821. The number of rotatable bonds is 8. The second kappa shape index (κ2) is 10.1. The second-order valence-corrected chi connectivity index (χ2v) is 10.1. The lowest BCUT2D eigenvalue weighted by molar-refractivity contribution is 0.307. The maximum absolute atomic E-state index is 5.87. The highest BCUT2D eigenvalue weighted by molar-refractivity contribution is 7.80. The van der Waals surface area contributed by atoms with E-state index in [0.717, 1.165) is 52.3 Å². The van der Waals surface area contributed by atoms with Gasteiger partial charge in [-0.3, -0.25) is 9.55 Å². The van der Waals surface area contributed by atoms with Gasteiger partial charge in [-0.1, -0.05) is 47.7 Å². The number of para-hydroxylation sites is 2. The Labute approximate surface area is 219 Å². The molecule has 36 heavy (non-hydrogen) atoms. The smallest absolute Gasteiger partial charge is 0.194 e. The summed E-state index contributed by atoms with van der Waals surface area (Å²) >= 11 is 7.57. The molecular weight excluding hydrogens is 484 g/mol. The van der Waals surface area contributed by atoms with E-state index >= 15 is 0 Å². The number of benzene rings is 2. The summed E-state index contributed by atoms with van der Waals surface area (Å²) in [6.07, 6.45) is 4.89. The number of hydrogen-bond donors (Lipinski definition) is 2. The first-order valence-corrected chi connectivity index (χ1v) is 13.3. The van der Waals surface area contributed by atoms with Gasteiger partial charge in [0.15, 0.2) is 10.2 Å². The number of fused-ring (bicyclic) bond motifs is 1. The molecule has 3 aromatic heterocycles. The molecule has 1 saturated heterocycles. The summed E-state index contributed by atoms with van der Waals surface area (Å²) in [4.78, 5) is 11.9. The molecule has 0 bridgehead atoms. The zero-order valence-corrected chi connectivity index (χ0v) is 21.3. The number of hydrogen-bond acceptors (Lipinski definition) is 5. The average molecular weight is 511 g/mol. The quantitative estimate of drug-likeness (QED) is 0.199. The van der Waals surface area contributed by atoms with Crippen LogP contribution in [0, 0.1) is 0 Å². The first-order valence-electron chi connectivity index (χ1n) is 12.1. The Bertz CT molecular complexity index is 1430. The number of thiocarbonyl (C=S) groups is 1. The monoisotopic (exact) mass is 510 g/mol. The average Bonchev–Trinajstić information content (AvgIpc) is 3.64. The highest BCUT2D eigenvalue weighted by Crippen LogP contribution is 2.40. The maximum atomic E-state index is 5.87. The molecule has 8 heteroatoms. The van der Waals surface area contributed by atoms with Crippen molar-refractivity contribution in [1.82, 2.24) is 24.8 Å². The highest BCUT2D eigenvalue weighted by atomic mass is 32.1. The topological polar surface area (TPSA) is 58.0 Å². The molecule has 6 rings (SSSR count). The molecule has 1 fully saturated rings. The molecule has 6 nitrogen and oxygen atoms in total. The van der Waals surface area contributed by atoms with E-state index in [2.05, 4.69) is 79.8 Å². The molecule has 4 heterocycles. The van der Waals surface area contributed by atoms with Crippen LogP contribution < -0.4 is 10.6 Å². The Morgan fingerprint density at radius 2 is 1.78 bits per heavy atom. The van der Waals surface area contributed by atoms with Crippen LogP contribution in [-0.4, -0.2) is 37.6 Å². The normalized spacial score (nSPS) is 17.4. The third-order valence-electron chi connectivity index (χ3n) is 6.45. The van der Waals surface area contributed by atoms with Crippen LogP contribution in [0.3, 0.4) is 0 Å². The van der Waals surface area contributed by atoms with E-state index < -0.39 is 0 Å². The predicted octanol–water partition coefficient (Wildman–Crippen LogP) is 5.96. The van der Waals surface area contributed by atoms with Crippen molar-refractivity contribution in [1.29, 1.82) is 0 Å². The molecular formula is C28H26N6S2. The maximum Gasteiger partial charge on any atom is 0.194 e. The molecule has 2 atom stereocenters. The Morgan fingerprint density at radius 3 is 2.61 bits per heavy atom. The van der Waals surface area contributed by atoms with E-state index in [4.69, 9.17) is 17.2 Å². The molecule has 0 aliphatic carbocycles. The van der Waals surface area contributed by atoms with E-state index in [1.807, 2.05) is 42.6 Å². The minimum atomic E-state index is -0.0520. The molecule has 2 N–H and O–H groups in total. The number of pyridine rings is 1. The Hall–Kier alpha value is -3.75. The number of nitrogens with zero attached hydrogens (tertiary/aromatic N) is 4. The number of aromatic nitrogens is 3. The van der Waals surface area contributed by atoms with E-state index in [0.29, 0.717) is 0 Å². The van der Waals surface area contributed by atoms with Gasteiger partial charge in [0.1, 0.15) is 0 Å². The van der Waals surface area contributed by atoms with Gasteiger partial charge in [0, 0.05) is 31.2 Å². The van der Waals surface area contributed by atoms with E-state index in [-0.39, 0.29) is 12.1 Å². The van der Waals surface area contributed by atoms with Crippen molar-refractivity contribution in [3.05, 3.63) is 109 Å². The SMILES string of the molecule is S=C1N[C@@H](c2ccccn2)[C@@H](c2cccn2-c2nc3ccccc3s2)N1CCCNc1ccccc1. The molecule has 1 aliphatic rings. The first-order chi connectivity index (χ1) is 17.8. The van der Waals surface area contributed by atoms with Gasteiger partial charge in [-0.25, -0.2) is 4.98 Å². The minimum Gasteiger partial charge on any atom is -0.385 e. The van der Waals surface area contributed by atoms with Gasteiger partial charge in [0.05, 0.1) is 33.7 Å². The number of thiazole rings is 1. The molecule has 0 saturated carbocycles. The fourth-order valence-electron chi connectivity index (χ4n) is 4.78. The van der Waals surface area contributed by atoms with E-state index in [1.54, 1.807) is 11.3 Å². The van der Waals surface area contributed by atoms with Gasteiger partial charge in [0.25, 0.3) is 0 Å². The van der Waals surface area contributed by atoms with Crippen molar-refractivity contribution in [3.8, 4) is 5.13 Å². The van der Waals surface area contributed by atoms with Crippen LogP contribution in [0.15, 0.2) is 97.3 Å². The predicted molar refractivity (Wildman–Crippen MR) is 151 cm³/mol. The van der Waals surface area contributed by atoms with Gasteiger partial charge in [-0.15, -0.1) is 0 Å². The fourth-order valence-corrected chi connectivity index (χ4v) is 6.08. The van der Waals surface area contributed by atoms with Crippen molar-refractivity contribution in [2.45, 2.75) is 18.5 Å². The van der Waals surface area contributed by atoms with Crippen molar-refractivity contribution < 1.29 is 0 Å². The summed E-state index contributed by atoms with van der Waals surface area (Å²) in [5, 5.41) is 8.79. The Morgan fingerprint density at radius 1 is 0.944 bits per heavy atom. The zero-order chi connectivity index (χ0) is 24.3. The second-order valence-electron chi connectivity index (χ2n) is 8.73. The zero-order valence-electron chi connectivity index (χ0n) is 19.6. The van der Waals surface area contributed by atoms with Gasteiger partial charge >= 0.3 is 0 Å². The molecule has 0 radical (unpaired) electrons. The van der Waals surface area contributed by atoms with E-state index in [9.17, 15) is 0 Å². The van der Waals surface area contributed by atoms with Gasteiger partial charge in [-0.05, 0) is 67.2 Å². The highest BCUT2D eigenvalue weighted by Gasteiger charge is 2.41. The summed E-state index contributed by atoms with van der Waals surface area (Å²) in [5.41, 5.74) is 4.27. The lowest BCUT2D eigenvalue weighted by atomic mass is 10.0. The van der Waals surface area contributed by atoms with Crippen molar-refractivity contribution >= 4 is 44.6 Å². The van der Waals surface area contributed by atoms with Crippen LogP contribution in [-0.2, 0) is 0 Å². The third kappa shape index (κ3) is 4.45. The van der Waals surface area contributed by atoms with Gasteiger partial charge < -0.3 is 15.5 Å².